The van der Waals surface area contributed by atoms with E-state index in [1.807, 2.05) is 6.07 Å². The number of carbonyl (C=O) groups excluding carboxylic acids is 2. The van der Waals surface area contributed by atoms with E-state index in [-0.39, 0.29) is 11.9 Å². The molecule has 33 heavy (non-hydrogen) atoms. The third-order valence-corrected chi connectivity index (χ3v) is 4.76. The highest BCUT2D eigenvalue weighted by molar-refractivity contribution is 6.01. The van der Waals surface area contributed by atoms with Crippen LogP contribution in [0.2, 0.25) is 0 Å². The van der Waals surface area contributed by atoms with Gasteiger partial charge in [-0.15, -0.1) is 0 Å². The highest BCUT2D eigenvalue weighted by Crippen LogP contribution is 2.32. The molecule has 10 heteroatoms. The van der Waals surface area contributed by atoms with Crippen LogP contribution in [0.3, 0.4) is 0 Å². The Morgan fingerprint density at radius 3 is 2.67 bits per heavy atom. The summed E-state index contributed by atoms with van der Waals surface area (Å²) in [7, 11) is 1.52. The van der Waals surface area contributed by atoms with Gasteiger partial charge in [0, 0.05) is 18.0 Å². The molecule has 2 amide bonds. The summed E-state index contributed by atoms with van der Waals surface area (Å²) in [4.78, 5) is 35.5. The number of amides is 2. The van der Waals surface area contributed by atoms with Gasteiger partial charge >= 0.3 is 0 Å². The minimum absolute atomic E-state index is 0.283. The van der Waals surface area contributed by atoms with E-state index in [1.54, 1.807) is 48.7 Å². The van der Waals surface area contributed by atoms with E-state index < -0.39 is 5.91 Å². The van der Waals surface area contributed by atoms with E-state index in [9.17, 15) is 9.59 Å². The summed E-state index contributed by atoms with van der Waals surface area (Å²) in [6.07, 6.45) is 2.93. The summed E-state index contributed by atoms with van der Waals surface area (Å²) < 4.78 is 5.44. The van der Waals surface area contributed by atoms with E-state index in [0.717, 1.165) is 5.39 Å². The van der Waals surface area contributed by atoms with Crippen LogP contribution in [-0.2, 0) is 4.79 Å². The average molecular weight is 443 g/mol. The molecule has 0 aliphatic carbocycles. The molecule has 4 rings (SSSR count). The molecule has 0 aliphatic rings. The van der Waals surface area contributed by atoms with Gasteiger partial charge in [-0.05, 0) is 36.4 Å². The number of ether oxygens (including phenoxy) is 1. The Kier molecular flexibility index (Phi) is 5.90. The number of carbonyl (C=O) groups is 2. The lowest BCUT2D eigenvalue weighted by Crippen LogP contribution is -2.13. The topological polar surface area (TPSA) is 147 Å². The normalized spacial score (nSPS) is 10.5. The Balaban J connectivity index is 1.68. The fourth-order valence-corrected chi connectivity index (χ4v) is 3.21. The Labute approximate surface area is 188 Å². The van der Waals surface area contributed by atoms with Crippen LogP contribution in [-0.4, -0.2) is 33.9 Å². The number of benzene rings is 2. The zero-order valence-corrected chi connectivity index (χ0v) is 17.7. The monoisotopic (exact) mass is 443 g/mol. The minimum Gasteiger partial charge on any atom is -0.494 e. The highest BCUT2D eigenvalue weighted by Gasteiger charge is 2.14. The lowest BCUT2D eigenvalue weighted by molar-refractivity contribution is -0.111. The van der Waals surface area contributed by atoms with Crippen molar-refractivity contribution in [3.8, 4) is 5.75 Å². The van der Waals surface area contributed by atoms with Crippen molar-refractivity contribution in [2.24, 2.45) is 5.73 Å². The third-order valence-electron chi connectivity index (χ3n) is 4.76. The second-order valence-corrected chi connectivity index (χ2v) is 6.90. The summed E-state index contributed by atoms with van der Waals surface area (Å²) in [6, 6.07) is 13.8. The summed E-state index contributed by atoms with van der Waals surface area (Å²) in [5, 5.41) is 9.72. The van der Waals surface area contributed by atoms with E-state index in [0.29, 0.717) is 39.8 Å². The third kappa shape index (κ3) is 4.59. The van der Waals surface area contributed by atoms with Crippen LogP contribution in [0.1, 0.15) is 10.4 Å². The molecule has 0 saturated carbocycles. The Bertz CT molecular complexity index is 1360. The van der Waals surface area contributed by atoms with Gasteiger partial charge in [-0.3, -0.25) is 9.59 Å². The first-order valence-corrected chi connectivity index (χ1v) is 9.88. The fraction of sp³-hybridized carbons (Fsp3) is 0.0435. The van der Waals surface area contributed by atoms with E-state index in [2.05, 4.69) is 37.5 Å². The first-order valence-electron chi connectivity index (χ1n) is 9.88. The zero-order valence-electron chi connectivity index (χ0n) is 17.7. The standard InChI is InChI=1S/C23H21N7O3/c1-3-19(31)26-13-8-9-17(18(12-13)33-2)28-23-29-21-15(10-11-25-21)22(30-23)27-16-7-5-4-6-14(16)20(24)32/h3-12H,1H2,2H3,(H2,24,32)(H,26,31)(H3,25,27,28,29,30). The molecule has 0 atom stereocenters. The van der Waals surface area contributed by atoms with Crippen LogP contribution in [0, 0.1) is 0 Å². The minimum atomic E-state index is -0.552. The number of nitrogens with one attached hydrogen (secondary N) is 4. The van der Waals surface area contributed by atoms with Crippen LogP contribution in [0.15, 0.2) is 67.4 Å². The van der Waals surface area contributed by atoms with E-state index in [1.165, 1.54) is 13.2 Å². The van der Waals surface area contributed by atoms with Gasteiger partial charge in [0.2, 0.25) is 11.9 Å². The number of hydrogen-bond donors (Lipinski definition) is 5. The first kappa shape index (κ1) is 21.4. The fourth-order valence-electron chi connectivity index (χ4n) is 3.21. The molecule has 0 radical (unpaired) electrons. The summed E-state index contributed by atoms with van der Waals surface area (Å²) in [5.41, 5.74) is 8.09. The molecular weight excluding hydrogens is 422 g/mol. The van der Waals surface area contributed by atoms with Gasteiger partial charge in [0.1, 0.15) is 17.2 Å². The molecule has 0 aliphatic heterocycles. The molecular formula is C23H21N7O3. The van der Waals surface area contributed by atoms with Crippen molar-refractivity contribution in [3.63, 3.8) is 0 Å². The van der Waals surface area contributed by atoms with Crippen LogP contribution in [0.5, 0.6) is 5.75 Å². The SMILES string of the molecule is C=CC(=O)Nc1ccc(Nc2nc(Nc3ccccc3C(N)=O)c3cc[nH]c3n2)c(OC)c1. The molecule has 2 aromatic carbocycles. The second kappa shape index (κ2) is 9.10. The lowest BCUT2D eigenvalue weighted by atomic mass is 10.1. The number of hydrogen-bond acceptors (Lipinski definition) is 7. The average Bonchev–Trinajstić information content (AvgIpc) is 3.29. The highest BCUT2D eigenvalue weighted by atomic mass is 16.5. The molecule has 0 fully saturated rings. The van der Waals surface area contributed by atoms with Crippen LogP contribution < -0.4 is 26.4 Å². The number of aromatic nitrogens is 3. The van der Waals surface area contributed by atoms with Crippen molar-refractivity contribution < 1.29 is 14.3 Å². The molecule has 2 aromatic heterocycles. The van der Waals surface area contributed by atoms with Gasteiger partial charge in [-0.25, -0.2) is 0 Å². The first-order chi connectivity index (χ1) is 16.0. The number of fused-ring (bicyclic) bond motifs is 1. The molecule has 166 valence electrons. The predicted molar refractivity (Wildman–Crippen MR) is 127 cm³/mol. The molecule has 0 unspecified atom stereocenters. The number of anilines is 5. The van der Waals surface area contributed by atoms with Gasteiger partial charge in [0.25, 0.3) is 5.91 Å². The van der Waals surface area contributed by atoms with Crippen LogP contribution in [0.4, 0.5) is 28.8 Å². The van der Waals surface area contributed by atoms with Crippen LogP contribution >= 0.6 is 0 Å². The number of methoxy groups -OCH3 is 1. The van der Waals surface area contributed by atoms with E-state index >= 15 is 0 Å². The summed E-state index contributed by atoms with van der Waals surface area (Å²) in [5.74, 6) is 0.353. The van der Waals surface area contributed by atoms with Gasteiger partial charge in [0.05, 0.1) is 29.4 Å². The maximum atomic E-state index is 11.8. The number of nitrogens with two attached hydrogens (primary N) is 1. The van der Waals surface area contributed by atoms with Gasteiger partial charge in [-0.2, -0.15) is 9.97 Å². The lowest BCUT2D eigenvalue weighted by Gasteiger charge is -2.14. The van der Waals surface area contributed by atoms with Crippen molar-refractivity contribution >= 4 is 51.7 Å². The molecule has 10 nitrogen and oxygen atoms in total. The van der Waals surface area contributed by atoms with Crippen molar-refractivity contribution in [1.82, 2.24) is 15.0 Å². The maximum Gasteiger partial charge on any atom is 0.250 e. The number of H-pyrrole nitrogens is 1. The Hall–Kier alpha value is -4.86. The molecule has 0 saturated heterocycles. The number of aromatic amines is 1. The molecule has 0 bridgehead atoms. The number of rotatable bonds is 8. The van der Waals surface area contributed by atoms with E-state index in [4.69, 9.17) is 10.5 Å². The predicted octanol–water partition coefficient (Wildman–Crippen LogP) is 3.68. The Morgan fingerprint density at radius 2 is 1.91 bits per heavy atom. The molecule has 6 N–H and O–H groups in total. The van der Waals surface area contributed by atoms with Crippen molar-refractivity contribution in [2.75, 3.05) is 23.1 Å². The molecule has 2 heterocycles. The van der Waals surface area contributed by atoms with Crippen molar-refractivity contribution in [3.05, 3.63) is 72.9 Å². The zero-order chi connectivity index (χ0) is 23.4. The number of primary amides is 1. The maximum absolute atomic E-state index is 11.8. The van der Waals surface area contributed by atoms with Crippen molar-refractivity contribution in [2.45, 2.75) is 0 Å². The summed E-state index contributed by atoms with van der Waals surface area (Å²) in [6.45, 7) is 3.44. The summed E-state index contributed by atoms with van der Waals surface area (Å²) >= 11 is 0. The van der Waals surface area contributed by atoms with Gasteiger partial charge < -0.3 is 31.4 Å². The van der Waals surface area contributed by atoms with Gasteiger partial charge in [-0.1, -0.05) is 18.7 Å². The smallest absolute Gasteiger partial charge is 0.250 e. The number of para-hydroxylation sites is 1. The molecule has 4 aromatic rings. The van der Waals surface area contributed by atoms with Gasteiger partial charge in [0.15, 0.2) is 0 Å². The largest absolute Gasteiger partial charge is 0.494 e. The van der Waals surface area contributed by atoms with Crippen molar-refractivity contribution in [1.29, 1.82) is 0 Å². The Morgan fingerprint density at radius 1 is 1.09 bits per heavy atom. The molecule has 0 spiro atoms. The van der Waals surface area contributed by atoms with Crippen LogP contribution in [0.25, 0.3) is 11.0 Å². The quantitative estimate of drug-likeness (QED) is 0.261. The second-order valence-electron chi connectivity index (χ2n) is 6.90. The number of nitrogens with zero attached hydrogens (tertiary/aromatic N) is 2.